The highest BCUT2D eigenvalue weighted by Crippen LogP contribution is 2.67. The zero-order valence-electron chi connectivity index (χ0n) is 19.6. The first kappa shape index (κ1) is 22.3. The molecule has 5 nitrogen and oxygen atoms in total. The van der Waals surface area contributed by atoms with E-state index >= 15 is 0 Å². The Morgan fingerprint density at radius 2 is 1.87 bits per heavy atom. The van der Waals surface area contributed by atoms with Crippen molar-refractivity contribution in [2.24, 2.45) is 28.4 Å². The molecule has 3 aliphatic carbocycles. The Balaban J connectivity index is 1.65. The van der Waals surface area contributed by atoms with Crippen molar-refractivity contribution < 1.29 is 19.4 Å². The van der Waals surface area contributed by atoms with Crippen LogP contribution in [0.4, 0.5) is 0 Å². The summed E-state index contributed by atoms with van der Waals surface area (Å²) in [5.41, 5.74) is 10.4. The minimum atomic E-state index is -1.16. The SMILES string of the molecule is Cc1cc(OC(=O)C(N)CC(=O)O)cc2c1C1(C)CCC3C(C)(C)CCC[C@]3(C)[C@H]1C2. The fraction of sp³-hybridized carbons (Fsp3) is 0.692. The van der Waals surface area contributed by atoms with E-state index < -0.39 is 24.4 Å². The van der Waals surface area contributed by atoms with Gasteiger partial charge in [-0.15, -0.1) is 0 Å². The maximum absolute atomic E-state index is 12.3. The third-order valence-electron chi connectivity index (χ3n) is 9.10. The third kappa shape index (κ3) is 3.49. The Morgan fingerprint density at radius 3 is 2.55 bits per heavy atom. The van der Waals surface area contributed by atoms with Gasteiger partial charge in [0.05, 0.1) is 6.42 Å². The first-order valence-electron chi connectivity index (χ1n) is 11.7. The molecule has 5 atom stereocenters. The van der Waals surface area contributed by atoms with Gasteiger partial charge in [-0.3, -0.25) is 4.79 Å². The van der Waals surface area contributed by atoms with Gasteiger partial charge in [0.25, 0.3) is 0 Å². The minimum Gasteiger partial charge on any atom is -0.481 e. The smallest absolute Gasteiger partial charge is 0.328 e. The molecule has 0 bridgehead atoms. The zero-order valence-corrected chi connectivity index (χ0v) is 19.6. The van der Waals surface area contributed by atoms with Gasteiger partial charge in [-0.2, -0.15) is 0 Å². The molecule has 1 aromatic rings. The molecule has 0 radical (unpaired) electrons. The molecule has 31 heavy (non-hydrogen) atoms. The number of hydrogen-bond donors (Lipinski definition) is 2. The number of benzene rings is 1. The van der Waals surface area contributed by atoms with Crippen molar-refractivity contribution in [1.29, 1.82) is 0 Å². The molecule has 3 N–H and O–H groups in total. The normalized spacial score (nSPS) is 34.3. The summed E-state index contributed by atoms with van der Waals surface area (Å²) in [5.74, 6) is 0.0178. The second-order valence-electron chi connectivity index (χ2n) is 11.5. The van der Waals surface area contributed by atoms with E-state index in [4.69, 9.17) is 15.6 Å². The van der Waals surface area contributed by atoms with Crippen LogP contribution in [0.5, 0.6) is 5.75 Å². The minimum absolute atomic E-state index is 0.153. The zero-order chi connectivity index (χ0) is 22.8. The number of aryl methyl sites for hydroxylation is 1. The number of rotatable bonds is 4. The van der Waals surface area contributed by atoms with Crippen molar-refractivity contribution in [3.8, 4) is 5.75 Å². The summed E-state index contributed by atoms with van der Waals surface area (Å²) in [5, 5.41) is 8.88. The van der Waals surface area contributed by atoms with E-state index in [0.717, 1.165) is 17.9 Å². The standard InChI is InChI=1S/C26H37NO4/c1-15-11-17(31-23(30)18(27)14-21(28)29)12-16-13-20-25(4)9-6-8-24(2,3)19(25)7-10-26(20,5)22(15)16/h11-12,18-20H,6-10,13-14,27H2,1-5H3,(H,28,29)/t18?,19?,20-,25+,26?/m1/s1. The van der Waals surface area contributed by atoms with E-state index in [9.17, 15) is 9.59 Å². The Labute approximate surface area is 185 Å². The summed E-state index contributed by atoms with van der Waals surface area (Å²) < 4.78 is 5.51. The van der Waals surface area contributed by atoms with E-state index in [1.807, 2.05) is 12.1 Å². The predicted molar refractivity (Wildman–Crippen MR) is 120 cm³/mol. The van der Waals surface area contributed by atoms with E-state index in [1.165, 1.54) is 43.2 Å². The van der Waals surface area contributed by atoms with Crippen LogP contribution in [0.3, 0.4) is 0 Å². The molecule has 0 spiro atoms. The van der Waals surface area contributed by atoms with Gasteiger partial charge in [0, 0.05) is 0 Å². The van der Waals surface area contributed by atoms with E-state index in [0.29, 0.717) is 22.5 Å². The fourth-order valence-corrected chi connectivity index (χ4v) is 7.95. The number of fused-ring (bicyclic) bond motifs is 5. The summed E-state index contributed by atoms with van der Waals surface area (Å²) in [6.45, 7) is 12.0. The topological polar surface area (TPSA) is 89.6 Å². The van der Waals surface area contributed by atoms with Crippen molar-refractivity contribution in [3.63, 3.8) is 0 Å². The van der Waals surface area contributed by atoms with Crippen LogP contribution in [-0.2, 0) is 21.4 Å². The Kier molecular flexibility index (Phi) is 5.28. The average Bonchev–Trinajstić information content (AvgIpc) is 2.94. The van der Waals surface area contributed by atoms with Gasteiger partial charge in [-0.25, -0.2) is 4.79 Å². The van der Waals surface area contributed by atoms with Crippen LogP contribution in [-0.4, -0.2) is 23.1 Å². The molecule has 3 aliphatic rings. The van der Waals surface area contributed by atoms with Gasteiger partial charge in [0.2, 0.25) is 0 Å². The number of carboxylic acids is 1. The number of carboxylic acid groups (broad SMARTS) is 1. The molecule has 0 heterocycles. The van der Waals surface area contributed by atoms with Gasteiger partial charge >= 0.3 is 11.9 Å². The van der Waals surface area contributed by atoms with Gasteiger partial charge in [-0.05, 0) is 95.9 Å². The van der Waals surface area contributed by atoms with Crippen molar-refractivity contribution in [2.75, 3.05) is 0 Å². The van der Waals surface area contributed by atoms with E-state index in [-0.39, 0.29) is 5.41 Å². The molecule has 1 aromatic carbocycles. The number of ether oxygens (including phenoxy) is 1. The molecule has 0 aromatic heterocycles. The van der Waals surface area contributed by atoms with Crippen LogP contribution in [0.15, 0.2) is 12.1 Å². The largest absolute Gasteiger partial charge is 0.481 e. The molecular weight excluding hydrogens is 390 g/mol. The van der Waals surface area contributed by atoms with Gasteiger partial charge in [-0.1, -0.05) is 34.1 Å². The summed E-state index contributed by atoms with van der Waals surface area (Å²) >= 11 is 0. The van der Waals surface area contributed by atoms with Crippen LogP contribution in [0, 0.1) is 29.6 Å². The van der Waals surface area contributed by atoms with Gasteiger partial charge in [0.1, 0.15) is 11.8 Å². The van der Waals surface area contributed by atoms with Gasteiger partial charge in [0.15, 0.2) is 0 Å². The maximum atomic E-state index is 12.3. The van der Waals surface area contributed by atoms with Crippen molar-refractivity contribution in [2.45, 2.75) is 91.0 Å². The molecule has 0 amide bonds. The van der Waals surface area contributed by atoms with E-state index in [2.05, 4.69) is 34.6 Å². The molecule has 0 aliphatic heterocycles. The monoisotopic (exact) mass is 427 g/mol. The highest BCUT2D eigenvalue weighted by atomic mass is 16.5. The fourth-order valence-electron chi connectivity index (χ4n) is 7.95. The molecule has 2 fully saturated rings. The lowest BCUT2D eigenvalue weighted by atomic mass is 9.43. The number of carbonyl (C=O) groups is 2. The Bertz CT molecular complexity index is 922. The second-order valence-corrected chi connectivity index (χ2v) is 11.5. The van der Waals surface area contributed by atoms with Crippen LogP contribution in [0.25, 0.3) is 0 Å². The maximum Gasteiger partial charge on any atom is 0.328 e. The number of aliphatic carboxylic acids is 1. The highest BCUT2D eigenvalue weighted by molar-refractivity contribution is 5.83. The molecule has 170 valence electrons. The summed E-state index contributed by atoms with van der Waals surface area (Å²) in [7, 11) is 0. The first-order valence-corrected chi connectivity index (χ1v) is 11.7. The lowest BCUT2D eigenvalue weighted by Gasteiger charge is -2.61. The average molecular weight is 428 g/mol. The molecule has 5 heteroatoms. The molecule has 0 saturated heterocycles. The quantitative estimate of drug-likeness (QED) is 0.534. The van der Waals surface area contributed by atoms with Crippen LogP contribution < -0.4 is 10.5 Å². The van der Waals surface area contributed by atoms with E-state index in [1.54, 1.807) is 0 Å². The first-order chi connectivity index (χ1) is 14.4. The highest BCUT2D eigenvalue weighted by Gasteiger charge is 2.61. The molecule has 2 saturated carbocycles. The van der Waals surface area contributed by atoms with Crippen LogP contribution in [0.2, 0.25) is 0 Å². The lowest BCUT2D eigenvalue weighted by molar-refractivity contribution is -0.143. The molecule has 3 unspecified atom stereocenters. The van der Waals surface area contributed by atoms with Crippen molar-refractivity contribution in [1.82, 2.24) is 0 Å². The number of esters is 1. The summed E-state index contributed by atoms with van der Waals surface area (Å²) in [6, 6.07) is 2.77. The summed E-state index contributed by atoms with van der Waals surface area (Å²) in [4.78, 5) is 23.1. The third-order valence-corrected chi connectivity index (χ3v) is 9.10. The van der Waals surface area contributed by atoms with Crippen molar-refractivity contribution in [3.05, 3.63) is 28.8 Å². The Hall–Kier alpha value is -1.88. The van der Waals surface area contributed by atoms with Crippen LogP contribution in [0.1, 0.15) is 82.9 Å². The number of hydrogen-bond acceptors (Lipinski definition) is 4. The summed E-state index contributed by atoms with van der Waals surface area (Å²) in [6.07, 6.45) is 6.97. The van der Waals surface area contributed by atoms with Crippen molar-refractivity contribution >= 4 is 11.9 Å². The molecule has 4 rings (SSSR count). The second kappa shape index (κ2) is 7.33. The number of nitrogens with two attached hydrogens (primary N) is 1. The predicted octanol–water partition coefficient (Wildman–Crippen LogP) is 4.76. The van der Waals surface area contributed by atoms with Gasteiger partial charge < -0.3 is 15.6 Å². The lowest BCUT2D eigenvalue weighted by Crippen LogP contribution is -2.55. The number of carbonyl (C=O) groups excluding carboxylic acids is 1. The molecular formula is C26H37NO4. The Morgan fingerprint density at radius 1 is 1.16 bits per heavy atom. The van der Waals surface area contributed by atoms with Crippen LogP contribution >= 0.6 is 0 Å².